The Morgan fingerprint density at radius 3 is 2.43 bits per heavy atom. The zero-order valence-electron chi connectivity index (χ0n) is 8.96. The van der Waals surface area contributed by atoms with Crippen molar-refractivity contribution in [3.8, 4) is 0 Å². The molecule has 0 bridgehead atoms. The van der Waals surface area contributed by atoms with Crippen LogP contribution in [0.15, 0.2) is 30.8 Å². The topological polar surface area (TPSA) is 3.01 Å². The second-order valence-corrected chi connectivity index (χ2v) is 4.27. The van der Waals surface area contributed by atoms with Gasteiger partial charge in [0.25, 0.3) is 0 Å². The van der Waals surface area contributed by atoms with E-state index in [0.29, 0.717) is 0 Å². The highest BCUT2D eigenvalue weighted by Gasteiger charge is 2.28. The van der Waals surface area contributed by atoms with Crippen molar-refractivity contribution in [2.75, 3.05) is 13.6 Å². The molecule has 0 saturated carbocycles. The number of likely N-dealkylation sites (N-methyl/N-ethyl adjacent to an activating group) is 1. The summed E-state index contributed by atoms with van der Waals surface area (Å²) in [5, 5.41) is 0. The Labute approximate surface area is 86.1 Å². The van der Waals surface area contributed by atoms with Gasteiger partial charge < -0.3 is 4.90 Å². The van der Waals surface area contributed by atoms with E-state index in [1.165, 1.54) is 24.1 Å². The fourth-order valence-electron chi connectivity index (χ4n) is 1.70. The van der Waals surface area contributed by atoms with E-state index >= 15 is 0 Å². The molecular formula is C13H17N. The molecule has 0 spiro atoms. The fraction of sp³-hybridized carbons (Fsp3) is 0.385. The number of allylic oxidation sites excluding steroid dienone is 1. The number of rotatable bonds is 3. The van der Waals surface area contributed by atoms with E-state index in [2.05, 4.69) is 42.8 Å². The molecule has 2 unspecified atom stereocenters. The minimum Gasteiger partial charge on any atom is -0.300 e. The van der Waals surface area contributed by atoms with Crippen molar-refractivity contribution in [2.24, 2.45) is 0 Å². The number of hydrogen-bond acceptors (Lipinski definition) is 1. The van der Waals surface area contributed by atoms with Gasteiger partial charge >= 0.3 is 0 Å². The summed E-state index contributed by atoms with van der Waals surface area (Å²) in [5.74, 6) is 0. The Morgan fingerprint density at radius 1 is 1.43 bits per heavy atom. The highest BCUT2D eigenvalue weighted by Crippen LogP contribution is 2.20. The van der Waals surface area contributed by atoms with Crippen molar-refractivity contribution < 1.29 is 0 Å². The molecule has 0 N–H and O–H groups in total. The molecule has 0 aliphatic carbocycles. The maximum absolute atomic E-state index is 3.93. The molecule has 1 fully saturated rings. The molecule has 1 heterocycles. The largest absolute Gasteiger partial charge is 0.300 e. The summed E-state index contributed by atoms with van der Waals surface area (Å²) in [4.78, 5) is 2.37. The second-order valence-electron chi connectivity index (χ2n) is 4.27. The fourth-order valence-corrected chi connectivity index (χ4v) is 1.70. The minimum atomic E-state index is 0.783. The SMILES string of the molecule is C=C(C)c1ccc(CC2CN2C)cc1. The lowest BCUT2D eigenvalue weighted by Gasteiger charge is -2.02. The van der Waals surface area contributed by atoms with Crippen LogP contribution in [0, 0.1) is 0 Å². The molecule has 1 aliphatic heterocycles. The van der Waals surface area contributed by atoms with Crippen molar-refractivity contribution >= 4 is 5.57 Å². The Kier molecular flexibility index (Phi) is 2.42. The molecule has 0 radical (unpaired) electrons. The van der Waals surface area contributed by atoms with Crippen molar-refractivity contribution in [3.63, 3.8) is 0 Å². The summed E-state index contributed by atoms with van der Waals surface area (Å²) in [6, 6.07) is 9.55. The second kappa shape index (κ2) is 3.58. The lowest BCUT2D eigenvalue weighted by molar-refractivity contribution is 0.611. The van der Waals surface area contributed by atoms with Gasteiger partial charge in [-0.2, -0.15) is 0 Å². The predicted octanol–water partition coefficient (Wildman–Crippen LogP) is 2.58. The first-order valence-corrected chi connectivity index (χ1v) is 5.12. The smallest absolute Gasteiger partial charge is 0.0261 e. The summed E-state index contributed by atoms with van der Waals surface area (Å²) in [6.07, 6.45) is 1.19. The summed E-state index contributed by atoms with van der Waals surface area (Å²) >= 11 is 0. The van der Waals surface area contributed by atoms with Crippen molar-refractivity contribution in [1.29, 1.82) is 0 Å². The molecule has 1 heteroatoms. The average Bonchev–Trinajstić information content (AvgIpc) is 2.82. The molecule has 74 valence electrons. The van der Waals surface area contributed by atoms with E-state index in [1.807, 2.05) is 6.92 Å². The summed E-state index contributed by atoms with van der Waals surface area (Å²) in [6.45, 7) is 7.23. The van der Waals surface area contributed by atoms with Gasteiger partial charge in [-0.3, -0.25) is 0 Å². The maximum atomic E-state index is 3.93. The van der Waals surface area contributed by atoms with Crippen molar-refractivity contribution in [2.45, 2.75) is 19.4 Å². The Bertz CT molecular complexity index is 337. The zero-order valence-corrected chi connectivity index (χ0v) is 8.96. The number of nitrogens with zero attached hydrogens (tertiary/aromatic N) is 1. The summed E-state index contributed by atoms with van der Waals surface area (Å²) < 4.78 is 0. The van der Waals surface area contributed by atoms with Crippen molar-refractivity contribution in [1.82, 2.24) is 4.90 Å². The molecule has 1 nitrogen and oxygen atoms in total. The Balaban J connectivity index is 2.02. The molecule has 0 amide bonds. The quantitative estimate of drug-likeness (QED) is 0.657. The van der Waals surface area contributed by atoms with Gasteiger partial charge in [-0.1, -0.05) is 36.4 Å². The van der Waals surface area contributed by atoms with Crippen LogP contribution in [0.25, 0.3) is 5.57 Å². The molecule has 14 heavy (non-hydrogen) atoms. The van der Waals surface area contributed by atoms with Gasteiger partial charge in [0.1, 0.15) is 0 Å². The van der Waals surface area contributed by atoms with Crippen LogP contribution in [-0.2, 0) is 6.42 Å². The molecule has 1 aromatic rings. The van der Waals surface area contributed by atoms with Crippen molar-refractivity contribution in [3.05, 3.63) is 42.0 Å². The maximum Gasteiger partial charge on any atom is 0.0261 e. The highest BCUT2D eigenvalue weighted by molar-refractivity contribution is 5.61. The normalized spacial score (nSPS) is 24.7. The van der Waals surface area contributed by atoms with Gasteiger partial charge in [0, 0.05) is 12.6 Å². The minimum absolute atomic E-state index is 0.783. The van der Waals surface area contributed by atoms with E-state index < -0.39 is 0 Å². The molecule has 0 aromatic heterocycles. The molecular weight excluding hydrogens is 170 g/mol. The van der Waals surface area contributed by atoms with Crippen LogP contribution in [0.3, 0.4) is 0 Å². The number of hydrogen-bond donors (Lipinski definition) is 0. The first-order chi connectivity index (χ1) is 6.66. The Hall–Kier alpha value is -1.08. The van der Waals surface area contributed by atoms with Crippen LogP contribution in [0.2, 0.25) is 0 Å². The van der Waals surface area contributed by atoms with Gasteiger partial charge in [-0.15, -0.1) is 0 Å². The van der Waals surface area contributed by atoms with Crippen LogP contribution in [0.5, 0.6) is 0 Å². The van der Waals surface area contributed by atoms with Crippen LogP contribution in [0.4, 0.5) is 0 Å². The first kappa shape index (κ1) is 9.47. The molecule has 1 aliphatic rings. The van der Waals surface area contributed by atoms with Gasteiger partial charge in [0.05, 0.1) is 0 Å². The van der Waals surface area contributed by atoms with E-state index in [0.717, 1.165) is 11.6 Å². The van der Waals surface area contributed by atoms with Crippen LogP contribution in [-0.4, -0.2) is 24.5 Å². The molecule has 1 aromatic carbocycles. The standard InChI is InChI=1S/C13H17N/c1-10(2)12-6-4-11(5-7-12)8-13-9-14(13)3/h4-7,13H,1,8-9H2,2-3H3. The zero-order chi connectivity index (χ0) is 10.1. The van der Waals surface area contributed by atoms with E-state index in [-0.39, 0.29) is 0 Å². The third kappa shape index (κ3) is 2.05. The summed E-state index contributed by atoms with van der Waals surface area (Å²) in [5.41, 5.74) is 3.82. The van der Waals surface area contributed by atoms with Gasteiger partial charge in [-0.25, -0.2) is 0 Å². The van der Waals surface area contributed by atoms with E-state index in [9.17, 15) is 0 Å². The van der Waals surface area contributed by atoms with Gasteiger partial charge in [-0.05, 0) is 31.5 Å². The van der Waals surface area contributed by atoms with Crippen LogP contribution < -0.4 is 0 Å². The van der Waals surface area contributed by atoms with Crippen LogP contribution in [0.1, 0.15) is 18.1 Å². The predicted molar refractivity (Wildman–Crippen MR) is 61.3 cm³/mol. The first-order valence-electron chi connectivity index (χ1n) is 5.12. The average molecular weight is 187 g/mol. The monoisotopic (exact) mass is 187 g/mol. The van der Waals surface area contributed by atoms with E-state index in [4.69, 9.17) is 0 Å². The van der Waals surface area contributed by atoms with Gasteiger partial charge in [0.15, 0.2) is 0 Å². The number of benzene rings is 1. The van der Waals surface area contributed by atoms with E-state index in [1.54, 1.807) is 0 Å². The molecule has 2 atom stereocenters. The third-order valence-electron chi connectivity index (χ3n) is 2.91. The van der Waals surface area contributed by atoms with Gasteiger partial charge in [0.2, 0.25) is 0 Å². The lowest BCUT2D eigenvalue weighted by Crippen LogP contribution is -1.98. The molecule has 2 rings (SSSR count). The Morgan fingerprint density at radius 2 is 2.00 bits per heavy atom. The summed E-state index contributed by atoms with van der Waals surface area (Å²) in [7, 11) is 2.17. The lowest BCUT2D eigenvalue weighted by atomic mass is 10.0. The highest BCUT2D eigenvalue weighted by atomic mass is 15.3. The molecule has 1 saturated heterocycles. The third-order valence-corrected chi connectivity index (χ3v) is 2.91. The van der Waals surface area contributed by atoms with Crippen LogP contribution >= 0.6 is 0 Å².